The van der Waals surface area contributed by atoms with Crippen molar-refractivity contribution in [3.8, 4) is 0 Å². The van der Waals surface area contributed by atoms with Crippen LogP contribution in [0.25, 0.3) is 0 Å². The van der Waals surface area contributed by atoms with Crippen LogP contribution in [-0.4, -0.2) is 81.7 Å². The van der Waals surface area contributed by atoms with Crippen molar-refractivity contribution in [2.45, 2.75) is 101 Å². The van der Waals surface area contributed by atoms with Crippen LogP contribution in [0, 0.1) is 0 Å². The van der Waals surface area contributed by atoms with Gasteiger partial charge >= 0.3 is 0 Å². The highest BCUT2D eigenvalue weighted by molar-refractivity contribution is 5.19. The zero-order valence-electron chi connectivity index (χ0n) is 37.1. The van der Waals surface area contributed by atoms with Crippen molar-refractivity contribution in [2.24, 2.45) is 0 Å². The molecule has 0 radical (unpaired) electrons. The van der Waals surface area contributed by atoms with E-state index in [9.17, 15) is 0 Å². The third kappa shape index (κ3) is 12.1. The highest BCUT2D eigenvalue weighted by atomic mass is 16.8. The molecule has 11 heteroatoms. The van der Waals surface area contributed by atoms with Gasteiger partial charge in [-0.25, -0.2) is 0 Å². The molecule has 3 fully saturated rings. The quantitative estimate of drug-likeness (QED) is 0.0734. The van der Waals surface area contributed by atoms with Crippen LogP contribution in [0.4, 0.5) is 0 Å². The normalized spacial score (nSPS) is 27.5. The topological polar surface area (TPSA) is 102 Å². The average Bonchev–Trinajstić information content (AvgIpc) is 3.38. The van der Waals surface area contributed by atoms with Crippen LogP contribution >= 0.6 is 0 Å². The molecule has 0 aliphatic carbocycles. The van der Waals surface area contributed by atoms with Crippen LogP contribution in [0.15, 0.2) is 182 Å². The van der Waals surface area contributed by atoms with E-state index in [1.54, 1.807) is 7.11 Å². The molecule has 0 unspecified atom stereocenters. The Morgan fingerprint density at radius 2 is 0.864 bits per heavy atom. The van der Waals surface area contributed by atoms with Gasteiger partial charge in [0.2, 0.25) is 0 Å². The van der Waals surface area contributed by atoms with Gasteiger partial charge in [0.1, 0.15) is 48.8 Å². The molecule has 0 aromatic heterocycles. The van der Waals surface area contributed by atoms with E-state index in [0.29, 0.717) is 13.2 Å². The standard InChI is InChI=1S/C55H58O11/c1-56-54-52(50(60-35-42-26-14-5-15-27-42)48-46(63-54)38-62-53(65-48)44-30-18-7-19-31-44)66-55-51(61-36-43-28-16-6-17-29-43)49(59-34-41-24-12-4-13-25-41)47(58-33-40-22-10-3-11-23-40)45(64-55)37-57-32-39-20-8-2-9-21-39/h2-31,45-55H,32-38H2,1H3/t45-,46-,47-,48-,49+,50+,51+,52-,53-,54+,55-/m1/s1. The Labute approximate surface area is 387 Å². The van der Waals surface area contributed by atoms with Gasteiger partial charge in [0.25, 0.3) is 0 Å². The minimum Gasteiger partial charge on any atom is -0.374 e. The molecular weight excluding hydrogens is 837 g/mol. The van der Waals surface area contributed by atoms with Gasteiger partial charge in [0, 0.05) is 12.7 Å². The zero-order valence-corrected chi connectivity index (χ0v) is 37.1. The van der Waals surface area contributed by atoms with Crippen molar-refractivity contribution in [3.63, 3.8) is 0 Å². The lowest BCUT2D eigenvalue weighted by Crippen LogP contribution is -2.67. The number of rotatable bonds is 20. The molecule has 6 aromatic carbocycles. The third-order valence-corrected chi connectivity index (χ3v) is 12.0. The number of hydrogen-bond donors (Lipinski definition) is 0. The van der Waals surface area contributed by atoms with Gasteiger partial charge in [0.05, 0.1) is 46.2 Å². The Kier molecular flexibility index (Phi) is 16.4. The molecule has 0 spiro atoms. The largest absolute Gasteiger partial charge is 0.374 e. The van der Waals surface area contributed by atoms with Crippen molar-refractivity contribution in [3.05, 3.63) is 215 Å². The van der Waals surface area contributed by atoms with Crippen LogP contribution in [-0.2, 0) is 85.1 Å². The maximum absolute atomic E-state index is 7.28. The number of methoxy groups -OCH3 is 1. The summed E-state index contributed by atoms with van der Waals surface area (Å²) in [6, 6.07) is 60.1. The Morgan fingerprint density at radius 1 is 0.424 bits per heavy atom. The van der Waals surface area contributed by atoms with Crippen LogP contribution in [0.5, 0.6) is 0 Å². The first kappa shape index (κ1) is 46.0. The van der Waals surface area contributed by atoms with Crippen molar-refractivity contribution in [1.29, 1.82) is 0 Å². The number of hydrogen-bond acceptors (Lipinski definition) is 11. The maximum Gasteiger partial charge on any atom is 0.187 e. The lowest BCUT2D eigenvalue weighted by atomic mass is 9.95. The molecule has 3 saturated heterocycles. The van der Waals surface area contributed by atoms with Crippen molar-refractivity contribution in [1.82, 2.24) is 0 Å². The van der Waals surface area contributed by atoms with E-state index in [1.807, 2.05) is 182 Å². The van der Waals surface area contributed by atoms with Crippen LogP contribution < -0.4 is 0 Å². The molecule has 0 bridgehead atoms. The fraction of sp³-hybridized carbons (Fsp3) is 0.345. The van der Waals surface area contributed by atoms with E-state index in [2.05, 4.69) is 0 Å². The second-order valence-electron chi connectivity index (χ2n) is 16.6. The molecule has 344 valence electrons. The van der Waals surface area contributed by atoms with E-state index in [1.165, 1.54) is 0 Å². The van der Waals surface area contributed by atoms with Gasteiger partial charge in [-0.2, -0.15) is 0 Å². The minimum atomic E-state index is -1.06. The molecule has 66 heavy (non-hydrogen) atoms. The molecule has 3 aliphatic rings. The SMILES string of the molecule is CO[C@H]1O[C@@H]2CO[C@@H](c3ccccc3)O[C@H]2[C@H](OCc2ccccc2)[C@H]1O[C@H]1O[C@H](COCc2ccccc2)[C@@H](OCc2ccccc2)[C@H](OCc2ccccc2)[C@@H]1OCc1ccccc1. The molecule has 0 N–H and O–H groups in total. The molecule has 11 atom stereocenters. The van der Waals surface area contributed by atoms with E-state index >= 15 is 0 Å². The van der Waals surface area contributed by atoms with Gasteiger partial charge in [0.15, 0.2) is 18.9 Å². The summed E-state index contributed by atoms with van der Waals surface area (Å²) < 4.78 is 74.5. The molecule has 3 aliphatic heterocycles. The van der Waals surface area contributed by atoms with E-state index < -0.39 is 67.7 Å². The first-order valence-corrected chi connectivity index (χ1v) is 22.7. The van der Waals surface area contributed by atoms with Crippen LogP contribution in [0.2, 0.25) is 0 Å². The fourth-order valence-corrected chi connectivity index (χ4v) is 8.63. The summed E-state index contributed by atoms with van der Waals surface area (Å²) in [4.78, 5) is 0. The van der Waals surface area contributed by atoms with E-state index in [4.69, 9.17) is 52.1 Å². The van der Waals surface area contributed by atoms with Crippen LogP contribution in [0.1, 0.15) is 39.7 Å². The molecule has 9 rings (SSSR count). The van der Waals surface area contributed by atoms with Crippen molar-refractivity contribution in [2.75, 3.05) is 20.3 Å². The Balaban J connectivity index is 1.08. The predicted octanol–water partition coefficient (Wildman–Crippen LogP) is 9.14. The average molecular weight is 895 g/mol. The van der Waals surface area contributed by atoms with Gasteiger partial charge < -0.3 is 52.1 Å². The third-order valence-electron chi connectivity index (χ3n) is 12.0. The van der Waals surface area contributed by atoms with Gasteiger partial charge in [-0.15, -0.1) is 0 Å². The lowest BCUT2D eigenvalue weighted by molar-refractivity contribution is -0.400. The van der Waals surface area contributed by atoms with E-state index in [0.717, 1.165) is 33.4 Å². The first-order chi connectivity index (χ1) is 32.7. The smallest absolute Gasteiger partial charge is 0.187 e. The number of benzene rings is 6. The highest BCUT2D eigenvalue weighted by Gasteiger charge is 2.56. The van der Waals surface area contributed by atoms with Crippen molar-refractivity contribution < 1.29 is 52.1 Å². The summed E-state index contributed by atoms with van der Waals surface area (Å²) in [5, 5.41) is 0. The predicted molar refractivity (Wildman–Crippen MR) is 245 cm³/mol. The van der Waals surface area contributed by atoms with Crippen molar-refractivity contribution >= 4 is 0 Å². The summed E-state index contributed by atoms with van der Waals surface area (Å²) in [6.45, 7) is 1.88. The fourth-order valence-electron chi connectivity index (χ4n) is 8.63. The second-order valence-corrected chi connectivity index (χ2v) is 16.6. The Bertz CT molecular complexity index is 2280. The molecular formula is C55H58O11. The van der Waals surface area contributed by atoms with Gasteiger partial charge in [-0.05, 0) is 27.8 Å². The maximum atomic E-state index is 7.28. The van der Waals surface area contributed by atoms with E-state index in [-0.39, 0.29) is 33.0 Å². The summed E-state index contributed by atoms with van der Waals surface area (Å²) in [5.41, 5.74) is 5.87. The number of fused-ring (bicyclic) bond motifs is 1. The number of ether oxygens (including phenoxy) is 11. The molecule has 11 nitrogen and oxygen atoms in total. The molecule has 0 amide bonds. The molecule has 3 heterocycles. The lowest BCUT2D eigenvalue weighted by Gasteiger charge is -2.51. The molecule has 6 aromatic rings. The summed E-state index contributed by atoms with van der Waals surface area (Å²) in [7, 11) is 1.59. The first-order valence-electron chi connectivity index (χ1n) is 22.7. The van der Waals surface area contributed by atoms with Gasteiger partial charge in [-0.1, -0.05) is 182 Å². The monoisotopic (exact) mass is 894 g/mol. The van der Waals surface area contributed by atoms with Gasteiger partial charge in [-0.3, -0.25) is 0 Å². The summed E-state index contributed by atoms with van der Waals surface area (Å²) >= 11 is 0. The van der Waals surface area contributed by atoms with Crippen LogP contribution in [0.3, 0.4) is 0 Å². The Morgan fingerprint density at radius 3 is 1.36 bits per heavy atom. The molecule has 0 saturated carbocycles. The Hall–Kier alpha value is -5.12. The zero-order chi connectivity index (χ0) is 44.8. The minimum absolute atomic E-state index is 0.164. The summed E-state index contributed by atoms with van der Waals surface area (Å²) in [6.07, 6.45) is -8.26. The summed E-state index contributed by atoms with van der Waals surface area (Å²) in [5.74, 6) is 0. The second kappa shape index (κ2) is 23.6. The highest BCUT2D eigenvalue weighted by Crippen LogP contribution is 2.40.